The van der Waals surface area contributed by atoms with Crippen LogP contribution < -0.4 is 10.7 Å². The van der Waals surface area contributed by atoms with Crippen LogP contribution in [-0.2, 0) is 24.7 Å². The number of hydrazine groups is 1. The molecule has 2 aliphatic rings. The van der Waals surface area contributed by atoms with E-state index >= 15 is 0 Å². The number of hydrogen-bond acceptors (Lipinski definition) is 6. The van der Waals surface area contributed by atoms with E-state index in [1.54, 1.807) is 31.2 Å². The Bertz CT molecular complexity index is 807. The molecule has 0 unspecified atom stereocenters. The topological polar surface area (TPSA) is 108 Å². The third kappa shape index (κ3) is 4.30. The van der Waals surface area contributed by atoms with Gasteiger partial charge in [0.15, 0.2) is 0 Å². The second kappa shape index (κ2) is 9.25. The highest BCUT2D eigenvalue weighted by atomic mass is 16.5. The fraction of sp³-hybridized carbons (Fsp3) is 0.524. The number of benzene rings is 1. The number of amides is 4. The molecule has 2 saturated heterocycles. The number of carbonyl (C=O) groups excluding carboxylic acids is 4. The van der Waals surface area contributed by atoms with Crippen LogP contribution >= 0.6 is 0 Å². The zero-order valence-electron chi connectivity index (χ0n) is 17.3. The first-order chi connectivity index (χ1) is 14.4. The molecule has 9 heteroatoms. The van der Waals surface area contributed by atoms with E-state index in [1.165, 1.54) is 0 Å². The molecular formula is C21H28N4O5. The van der Waals surface area contributed by atoms with E-state index in [4.69, 9.17) is 4.74 Å². The van der Waals surface area contributed by atoms with Crippen molar-refractivity contribution < 1.29 is 23.9 Å². The first kappa shape index (κ1) is 21.8. The average molecular weight is 416 g/mol. The van der Waals surface area contributed by atoms with Gasteiger partial charge >= 0.3 is 12.0 Å². The predicted octanol–water partition coefficient (Wildman–Crippen LogP) is 1.15. The molecule has 0 aliphatic carbocycles. The molecule has 0 saturated carbocycles. The van der Waals surface area contributed by atoms with Crippen molar-refractivity contribution in [3.8, 4) is 0 Å². The smallest absolute Gasteiger partial charge is 0.344 e. The number of imide groups is 1. The second-order valence-electron chi connectivity index (χ2n) is 7.53. The van der Waals surface area contributed by atoms with Crippen molar-refractivity contribution in [1.29, 1.82) is 0 Å². The average Bonchev–Trinajstić information content (AvgIpc) is 3.00. The van der Waals surface area contributed by atoms with Gasteiger partial charge in [0.25, 0.3) is 11.8 Å². The summed E-state index contributed by atoms with van der Waals surface area (Å²) in [4.78, 5) is 51.7. The summed E-state index contributed by atoms with van der Waals surface area (Å²) in [6.45, 7) is 5.12. The molecule has 2 fully saturated rings. The van der Waals surface area contributed by atoms with Crippen molar-refractivity contribution >= 4 is 23.8 Å². The van der Waals surface area contributed by atoms with Gasteiger partial charge in [0.05, 0.1) is 19.1 Å². The first-order valence-corrected chi connectivity index (χ1v) is 10.3. The molecule has 4 amide bonds. The Morgan fingerprint density at radius 1 is 1.17 bits per heavy atom. The Kier molecular flexibility index (Phi) is 6.71. The Morgan fingerprint density at radius 2 is 1.83 bits per heavy atom. The van der Waals surface area contributed by atoms with Crippen LogP contribution in [0.25, 0.3) is 0 Å². The molecule has 0 aromatic heterocycles. The second-order valence-corrected chi connectivity index (χ2v) is 7.53. The van der Waals surface area contributed by atoms with Gasteiger partial charge in [-0.25, -0.2) is 4.79 Å². The highest BCUT2D eigenvalue weighted by molar-refractivity contribution is 6.08. The quantitative estimate of drug-likeness (QED) is 0.510. The van der Waals surface area contributed by atoms with E-state index in [0.29, 0.717) is 44.5 Å². The van der Waals surface area contributed by atoms with Crippen molar-refractivity contribution in [1.82, 2.24) is 20.7 Å². The van der Waals surface area contributed by atoms with Crippen LogP contribution in [0.4, 0.5) is 4.79 Å². The van der Waals surface area contributed by atoms with Crippen molar-refractivity contribution in [2.75, 3.05) is 26.2 Å². The van der Waals surface area contributed by atoms with Gasteiger partial charge in [0.1, 0.15) is 5.54 Å². The summed E-state index contributed by atoms with van der Waals surface area (Å²) in [5, 5.41) is 3.50. The summed E-state index contributed by atoms with van der Waals surface area (Å²) in [6.07, 6.45) is 1.58. The lowest BCUT2D eigenvalue weighted by Gasteiger charge is -2.30. The van der Waals surface area contributed by atoms with E-state index < -0.39 is 23.4 Å². The number of urea groups is 1. The minimum absolute atomic E-state index is 0.0388. The Morgan fingerprint density at radius 3 is 2.43 bits per heavy atom. The molecule has 30 heavy (non-hydrogen) atoms. The van der Waals surface area contributed by atoms with Crippen molar-refractivity contribution in [3.63, 3.8) is 0 Å². The number of hydrogen-bond donors (Lipinski definition) is 2. The van der Waals surface area contributed by atoms with Crippen molar-refractivity contribution in [2.45, 2.75) is 38.6 Å². The number of nitrogens with zero attached hydrogens (tertiary/aromatic N) is 2. The van der Waals surface area contributed by atoms with E-state index in [-0.39, 0.29) is 18.4 Å². The molecule has 1 aromatic carbocycles. The Hall–Kier alpha value is -2.94. The highest BCUT2D eigenvalue weighted by Crippen LogP contribution is 2.31. The number of piperidine rings is 1. The molecule has 2 N–H and O–H groups in total. The number of nitrogens with one attached hydrogen (secondary N) is 2. The van der Waals surface area contributed by atoms with Gasteiger partial charge in [-0.15, -0.1) is 0 Å². The zero-order chi connectivity index (χ0) is 21.7. The van der Waals surface area contributed by atoms with Gasteiger partial charge in [-0.3, -0.25) is 24.7 Å². The Balaban J connectivity index is 1.58. The number of likely N-dealkylation sites (tertiary alicyclic amines) is 1. The number of carbonyl (C=O) groups is 4. The number of ether oxygens (including phenoxy) is 1. The maximum absolute atomic E-state index is 13.0. The maximum Gasteiger partial charge on any atom is 0.344 e. The lowest BCUT2D eigenvalue weighted by Crippen LogP contribution is -2.52. The van der Waals surface area contributed by atoms with E-state index in [1.807, 2.05) is 17.9 Å². The number of esters is 1. The molecule has 9 nitrogen and oxygen atoms in total. The van der Waals surface area contributed by atoms with Crippen LogP contribution in [0.2, 0.25) is 0 Å². The fourth-order valence-electron chi connectivity index (χ4n) is 3.99. The van der Waals surface area contributed by atoms with Crippen LogP contribution in [0.15, 0.2) is 30.3 Å². The fourth-order valence-corrected chi connectivity index (χ4v) is 3.99. The van der Waals surface area contributed by atoms with Crippen molar-refractivity contribution in [2.24, 2.45) is 5.92 Å². The van der Waals surface area contributed by atoms with Gasteiger partial charge in [-0.2, -0.15) is 5.01 Å². The maximum atomic E-state index is 13.0. The lowest BCUT2D eigenvalue weighted by atomic mass is 9.87. The molecule has 2 aliphatic heterocycles. The van der Waals surface area contributed by atoms with E-state index in [9.17, 15) is 19.2 Å². The largest absolute Gasteiger partial charge is 0.466 e. The van der Waals surface area contributed by atoms with Gasteiger partial charge in [-0.1, -0.05) is 37.3 Å². The number of rotatable bonds is 7. The molecule has 162 valence electrons. The van der Waals surface area contributed by atoms with Crippen LogP contribution in [0.5, 0.6) is 0 Å². The standard InChI is InChI=1S/C21H28N4O5/c1-3-21(16-8-6-5-7-9-16)19(28)25(20(29)22-21)23-17(26)14-24-12-10-15(11-13-24)18(27)30-4-2/h5-9,15H,3-4,10-14H2,1-2H3,(H,22,29)(H,23,26)/t21-/m0/s1. The van der Waals surface area contributed by atoms with Gasteiger partial charge in [0.2, 0.25) is 0 Å². The summed E-state index contributed by atoms with van der Waals surface area (Å²) in [5.41, 5.74) is 1.92. The molecule has 1 atom stereocenters. The Labute approximate surface area is 175 Å². The van der Waals surface area contributed by atoms with Crippen LogP contribution in [0.3, 0.4) is 0 Å². The third-order valence-corrected chi connectivity index (χ3v) is 5.70. The van der Waals surface area contributed by atoms with Crippen LogP contribution in [0.1, 0.15) is 38.7 Å². The normalized spacial score (nSPS) is 22.7. The van der Waals surface area contributed by atoms with E-state index in [2.05, 4.69) is 10.7 Å². The van der Waals surface area contributed by atoms with Crippen LogP contribution in [-0.4, -0.2) is 60.0 Å². The molecule has 0 bridgehead atoms. The first-order valence-electron chi connectivity index (χ1n) is 10.3. The summed E-state index contributed by atoms with van der Waals surface area (Å²) >= 11 is 0. The minimum Gasteiger partial charge on any atom is -0.466 e. The molecule has 2 heterocycles. The summed E-state index contributed by atoms with van der Waals surface area (Å²) in [5.74, 6) is -1.30. The zero-order valence-corrected chi connectivity index (χ0v) is 17.3. The van der Waals surface area contributed by atoms with Crippen molar-refractivity contribution in [3.05, 3.63) is 35.9 Å². The van der Waals surface area contributed by atoms with Gasteiger partial charge in [0, 0.05) is 0 Å². The minimum atomic E-state index is -1.19. The van der Waals surface area contributed by atoms with Gasteiger partial charge in [-0.05, 0) is 44.8 Å². The van der Waals surface area contributed by atoms with E-state index in [0.717, 1.165) is 5.01 Å². The monoisotopic (exact) mass is 416 g/mol. The van der Waals surface area contributed by atoms with Gasteiger partial charge < -0.3 is 10.1 Å². The molecule has 3 rings (SSSR count). The molecule has 0 spiro atoms. The highest BCUT2D eigenvalue weighted by Gasteiger charge is 2.52. The molecule has 0 radical (unpaired) electrons. The lowest BCUT2D eigenvalue weighted by molar-refractivity contribution is -0.149. The predicted molar refractivity (Wildman–Crippen MR) is 108 cm³/mol. The van der Waals surface area contributed by atoms with Crippen LogP contribution in [0, 0.1) is 5.92 Å². The summed E-state index contributed by atoms with van der Waals surface area (Å²) in [7, 11) is 0. The summed E-state index contributed by atoms with van der Waals surface area (Å²) < 4.78 is 5.05. The molecule has 1 aromatic rings. The summed E-state index contributed by atoms with van der Waals surface area (Å²) in [6, 6.07) is 8.33. The third-order valence-electron chi connectivity index (χ3n) is 5.70. The molecular weight excluding hydrogens is 388 g/mol. The SMILES string of the molecule is CCOC(=O)C1CCN(CC(=O)NN2C(=O)N[C@@](CC)(c3ccccc3)C2=O)CC1.